The summed E-state index contributed by atoms with van der Waals surface area (Å²) in [5.41, 5.74) is 2.97. The molecule has 5 rings (SSSR count). The molecule has 0 bridgehead atoms. The number of hydrogen-bond donors (Lipinski definition) is 1. The van der Waals surface area contributed by atoms with Gasteiger partial charge in [-0.2, -0.15) is 0 Å². The molecule has 0 spiro atoms. The molecule has 1 atom stereocenters. The van der Waals surface area contributed by atoms with Crippen molar-refractivity contribution in [2.75, 3.05) is 36.3 Å². The summed E-state index contributed by atoms with van der Waals surface area (Å²) < 4.78 is 16.4. The van der Waals surface area contributed by atoms with Gasteiger partial charge in [0.05, 0.1) is 12.9 Å². The van der Waals surface area contributed by atoms with E-state index >= 15 is 0 Å². The van der Waals surface area contributed by atoms with Crippen molar-refractivity contribution in [3.05, 3.63) is 77.9 Å². The molecule has 3 aromatic rings. The largest absolute Gasteiger partial charge is 0.497 e. The molecule has 1 unspecified atom stereocenters. The smallest absolute Gasteiger partial charge is 0.255 e. The van der Waals surface area contributed by atoms with Gasteiger partial charge in [0.1, 0.15) is 24.3 Å². The zero-order chi connectivity index (χ0) is 22.8. The summed E-state index contributed by atoms with van der Waals surface area (Å²) in [5.74, 6) is 2.28. The molecule has 2 aliphatic heterocycles. The molecular formula is C25H22N2O5S. The van der Waals surface area contributed by atoms with Crippen LogP contribution in [0.2, 0.25) is 0 Å². The second-order valence-corrected chi connectivity index (χ2v) is 8.63. The van der Waals surface area contributed by atoms with E-state index in [1.54, 1.807) is 48.0 Å². The average Bonchev–Trinajstić information content (AvgIpc) is 3.25. The van der Waals surface area contributed by atoms with Crippen LogP contribution in [0.4, 0.5) is 11.4 Å². The maximum Gasteiger partial charge on any atom is 0.255 e. The van der Waals surface area contributed by atoms with Crippen molar-refractivity contribution < 1.29 is 23.8 Å². The van der Waals surface area contributed by atoms with Gasteiger partial charge in [-0.25, -0.2) is 0 Å². The van der Waals surface area contributed by atoms with E-state index in [2.05, 4.69) is 5.32 Å². The minimum absolute atomic E-state index is 0.0403. The molecule has 8 heteroatoms. The number of methoxy groups -OCH3 is 1. The molecule has 2 aliphatic rings. The Bertz CT molecular complexity index is 1180. The van der Waals surface area contributed by atoms with Crippen LogP contribution in [-0.2, 0) is 4.79 Å². The van der Waals surface area contributed by atoms with Crippen LogP contribution in [0, 0.1) is 0 Å². The van der Waals surface area contributed by atoms with Gasteiger partial charge in [0.15, 0.2) is 11.5 Å². The maximum atomic E-state index is 12.7. The van der Waals surface area contributed by atoms with Crippen molar-refractivity contribution >= 4 is 35.0 Å². The lowest BCUT2D eigenvalue weighted by Gasteiger charge is -2.26. The first-order valence-electron chi connectivity index (χ1n) is 10.5. The van der Waals surface area contributed by atoms with Gasteiger partial charge in [-0.15, -0.1) is 11.8 Å². The van der Waals surface area contributed by atoms with Gasteiger partial charge in [-0.05, 0) is 54.1 Å². The fraction of sp³-hybridized carbons (Fsp3) is 0.200. The van der Waals surface area contributed by atoms with Crippen molar-refractivity contribution in [3.63, 3.8) is 0 Å². The van der Waals surface area contributed by atoms with Gasteiger partial charge >= 0.3 is 0 Å². The summed E-state index contributed by atoms with van der Waals surface area (Å²) in [4.78, 5) is 27.0. The number of rotatable bonds is 5. The van der Waals surface area contributed by atoms with Gasteiger partial charge in [0.2, 0.25) is 5.91 Å². The maximum absolute atomic E-state index is 12.7. The van der Waals surface area contributed by atoms with Gasteiger partial charge in [-0.1, -0.05) is 12.1 Å². The standard InChI is InChI=1S/C25H22N2O5S/c1-30-20-9-4-16(5-10-20)24(29)26-18-6-2-17(3-7-18)25-27(23(28)15-33-25)19-8-11-21-22(14-19)32-13-12-31-21/h2-11,14,25H,12-13,15H2,1H3,(H,26,29). The van der Waals surface area contributed by atoms with Crippen LogP contribution < -0.4 is 24.4 Å². The number of amides is 2. The second-order valence-electron chi connectivity index (χ2n) is 7.56. The molecule has 3 aromatic carbocycles. The Morgan fingerprint density at radius 2 is 1.73 bits per heavy atom. The monoisotopic (exact) mass is 462 g/mol. The zero-order valence-corrected chi connectivity index (χ0v) is 18.8. The fourth-order valence-electron chi connectivity index (χ4n) is 3.81. The average molecular weight is 463 g/mol. The number of ether oxygens (including phenoxy) is 3. The molecule has 33 heavy (non-hydrogen) atoms. The van der Waals surface area contributed by atoms with Gasteiger partial charge in [0.25, 0.3) is 5.91 Å². The van der Waals surface area contributed by atoms with Crippen LogP contribution in [-0.4, -0.2) is 37.9 Å². The van der Waals surface area contributed by atoms with E-state index in [4.69, 9.17) is 14.2 Å². The fourth-order valence-corrected chi connectivity index (χ4v) is 4.99. The lowest BCUT2D eigenvalue weighted by molar-refractivity contribution is -0.115. The highest BCUT2D eigenvalue weighted by molar-refractivity contribution is 8.00. The van der Waals surface area contributed by atoms with Gasteiger partial charge in [0, 0.05) is 23.0 Å². The molecule has 7 nitrogen and oxygen atoms in total. The first-order chi connectivity index (χ1) is 16.1. The molecule has 0 saturated carbocycles. The summed E-state index contributed by atoms with van der Waals surface area (Å²) in [7, 11) is 1.59. The van der Waals surface area contributed by atoms with E-state index in [1.165, 1.54) is 0 Å². The summed E-state index contributed by atoms with van der Waals surface area (Å²) in [6, 6.07) is 20.1. The number of nitrogens with one attached hydrogen (secondary N) is 1. The predicted molar refractivity (Wildman–Crippen MR) is 128 cm³/mol. The number of carbonyl (C=O) groups excluding carboxylic acids is 2. The Labute approximate surface area is 195 Å². The highest BCUT2D eigenvalue weighted by atomic mass is 32.2. The Hall–Kier alpha value is -3.65. The zero-order valence-electron chi connectivity index (χ0n) is 17.9. The van der Waals surface area contributed by atoms with Crippen LogP contribution in [0.5, 0.6) is 17.2 Å². The molecule has 168 valence electrons. The molecule has 1 N–H and O–H groups in total. The molecule has 0 radical (unpaired) electrons. The predicted octanol–water partition coefficient (Wildman–Crippen LogP) is 4.50. The molecule has 1 saturated heterocycles. The number of nitrogens with zero attached hydrogens (tertiary/aromatic N) is 1. The third kappa shape index (κ3) is 4.34. The first-order valence-corrected chi connectivity index (χ1v) is 11.6. The summed E-state index contributed by atoms with van der Waals surface area (Å²) in [6.07, 6.45) is 0. The number of carbonyl (C=O) groups is 2. The van der Waals surface area contributed by atoms with Crippen LogP contribution in [0.15, 0.2) is 66.7 Å². The molecule has 2 amide bonds. The highest BCUT2D eigenvalue weighted by Gasteiger charge is 2.34. The van der Waals surface area contributed by atoms with Crippen molar-refractivity contribution in [2.24, 2.45) is 0 Å². The second kappa shape index (κ2) is 9.07. The number of anilines is 2. The van der Waals surface area contributed by atoms with E-state index in [1.807, 2.05) is 42.5 Å². The van der Waals surface area contributed by atoms with Crippen LogP contribution >= 0.6 is 11.8 Å². The number of benzene rings is 3. The third-order valence-corrected chi connectivity index (χ3v) is 6.69. The Balaban J connectivity index is 1.32. The quantitative estimate of drug-likeness (QED) is 0.602. The van der Waals surface area contributed by atoms with Crippen molar-refractivity contribution in [1.82, 2.24) is 0 Å². The third-order valence-electron chi connectivity index (χ3n) is 5.48. The Morgan fingerprint density at radius 3 is 2.45 bits per heavy atom. The highest BCUT2D eigenvalue weighted by Crippen LogP contribution is 2.44. The Morgan fingerprint density at radius 1 is 1.00 bits per heavy atom. The molecular weight excluding hydrogens is 440 g/mol. The minimum atomic E-state index is -0.200. The number of fused-ring (bicyclic) bond motifs is 1. The van der Waals surface area contributed by atoms with E-state index in [0.717, 1.165) is 11.3 Å². The van der Waals surface area contributed by atoms with Crippen LogP contribution in [0.1, 0.15) is 21.3 Å². The Kier molecular flexibility index (Phi) is 5.83. The minimum Gasteiger partial charge on any atom is -0.497 e. The molecule has 0 aliphatic carbocycles. The SMILES string of the molecule is COc1ccc(C(=O)Nc2ccc(C3SCC(=O)N3c3ccc4c(c3)OCCO4)cc2)cc1. The molecule has 0 aromatic heterocycles. The van der Waals surface area contributed by atoms with E-state index in [-0.39, 0.29) is 17.2 Å². The van der Waals surface area contributed by atoms with Gasteiger partial charge < -0.3 is 19.5 Å². The molecule has 2 heterocycles. The van der Waals surface area contributed by atoms with Crippen molar-refractivity contribution in [1.29, 1.82) is 0 Å². The summed E-state index contributed by atoms with van der Waals surface area (Å²) in [5, 5.41) is 2.74. The van der Waals surface area contributed by atoms with Crippen molar-refractivity contribution in [2.45, 2.75) is 5.37 Å². The lowest BCUT2D eigenvalue weighted by atomic mass is 10.1. The van der Waals surface area contributed by atoms with Crippen LogP contribution in [0.3, 0.4) is 0 Å². The van der Waals surface area contributed by atoms with Crippen LogP contribution in [0.25, 0.3) is 0 Å². The normalized spacial score (nSPS) is 17.1. The van der Waals surface area contributed by atoms with Crippen molar-refractivity contribution in [3.8, 4) is 17.2 Å². The number of hydrogen-bond acceptors (Lipinski definition) is 6. The van der Waals surface area contributed by atoms with E-state index < -0.39 is 0 Å². The molecule has 1 fully saturated rings. The summed E-state index contributed by atoms with van der Waals surface area (Å²) >= 11 is 1.57. The lowest BCUT2D eigenvalue weighted by Crippen LogP contribution is -2.28. The summed E-state index contributed by atoms with van der Waals surface area (Å²) in [6.45, 7) is 1.01. The van der Waals surface area contributed by atoms with Gasteiger partial charge in [-0.3, -0.25) is 14.5 Å². The first kappa shape index (κ1) is 21.2. The van der Waals surface area contributed by atoms with E-state index in [0.29, 0.717) is 47.5 Å². The van der Waals surface area contributed by atoms with E-state index in [9.17, 15) is 9.59 Å². The topological polar surface area (TPSA) is 77.1 Å². The number of thioether (sulfide) groups is 1.